The molecule has 0 aliphatic carbocycles. The van der Waals surface area contributed by atoms with Crippen LogP contribution in [0.25, 0.3) is 6.08 Å². The van der Waals surface area contributed by atoms with Gasteiger partial charge in [0.05, 0.1) is 11.3 Å². The molecule has 0 radical (unpaired) electrons. The van der Waals surface area contributed by atoms with E-state index in [9.17, 15) is 14.0 Å². The number of nitrogens with one attached hydrogen (secondary N) is 1. The minimum Gasteiger partial charge on any atom is -0.478 e. The molecular weight excluding hydrogens is 309 g/mol. The lowest BCUT2D eigenvalue weighted by molar-refractivity contribution is -0.111. The van der Waals surface area contributed by atoms with E-state index in [0.717, 1.165) is 0 Å². The fourth-order valence-corrected chi connectivity index (χ4v) is 1.93. The number of hydrogen-bond acceptors (Lipinski definition) is 2. The van der Waals surface area contributed by atoms with Gasteiger partial charge in [-0.1, -0.05) is 23.7 Å². The van der Waals surface area contributed by atoms with E-state index in [0.29, 0.717) is 5.56 Å². The van der Waals surface area contributed by atoms with Crippen LogP contribution in [0.15, 0.2) is 48.5 Å². The number of aromatic carboxylic acids is 1. The summed E-state index contributed by atoms with van der Waals surface area (Å²) in [5.74, 6) is -2.14. The van der Waals surface area contributed by atoms with Crippen molar-refractivity contribution in [1.29, 1.82) is 0 Å². The van der Waals surface area contributed by atoms with Gasteiger partial charge in [-0.05, 0) is 42.0 Å². The Balaban J connectivity index is 2.14. The summed E-state index contributed by atoms with van der Waals surface area (Å²) < 4.78 is 13.0. The standard InChI is InChI=1S/C16H11ClFNO3/c17-11-5-6-14(13(9-11)16(21)22)19-15(20)7-4-10-2-1-3-12(18)8-10/h1-9H,(H,19,20)(H,21,22). The molecule has 2 aromatic rings. The molecule has 4 nitrogen and oxygen atoms in total. The summed E-state index contributed by atoms with van der Waals surface area (Å²) in [6.07, 6.45) is 2.61. The summed E-state index contributed by atoms with van der Waals surface area (Å²) in [5.41, 5.74) is 0.538. The first-order valence-corrected chi connectivity index (χ1v) is 6.61. The van der Waals surface area contributed by atoms with Crippen molar-refractivity contribution in [1.82, 2.24) is 0 Å². The largest absolute Gasteiger partial charge is 0.478 e. The maximum absolute atomic E-state index is 13.0. The van der Waals surface area contributed by atoms with Crippen molar-refractivity contribution in [2.45, 2.75) is 0 Å². The number of anilines is 1. The molecule has 0 saturated heterocycles. The predicted molar refractivity (Wildman–Crippen MR) is 82.5 cm³/mol. The SMILES string of the molecule is O=C(C=Cc1cccc(F)c1)Nc1ccc(Cl)cc1C(=O)O. The average Bonchev–Trinajstić information content (AvgIpc) is 2.47. The van der Waals surface area contributed by atoms with Crippen LogP contribution in [0, 0.1) is 5.82 Å². The van der Waals surface area contributed by atoms with Crippen molar-refractivity contribution in [2.24, 2.45) is 0 Å². The highest BCUT2D eigenvalue weighted by molar-refractivity contribution is 6.31. The fraction of sp³-hybridized carbons (Fsp3) is 0. The van der Waals surface area contributed by atoms with Crippen LogP contribution in [-0.2, 0) is 4.79 Å². The van der Waals surface area contributed by atoms with Crippen LogP contribution >= 0.6 is 11.6 Å². The van der Waals surface area contributed by atoms with Gasteiger partial charge in [0.1, 0.15) is 5.82 Å². The maximum Gasteiger partial charge on any atom is 0.337 e. The molecule has 0 spiro atoms. The van der Waals surface area contributed by atoms with Crippen molar-refractivity contribution in [3.05, 3.63) is 70.5 Å². The number of carbonyl (C=O) groups excluding carboxylic acids is 1. The second kappa shape index (κ2) is 6.87. The topological polar surface area (TPSA) is 66.4 Å². The molecule has 22 heavy (non-hydrogen) atoms. The molecule has 0 aliphatic heterocycles. The van der Waals surface area contributed by atoms with Crippen LogP contribution in [0.2, 0.25) is 5.02 Å². The number of carboxylic acid groups (broad SMARTS) is 1. The zero-order valence-electron chi connectivity index (χ0n) is 11.2. The van der Waals surface area contributed by atoms with Crippen LogP contribution in [0.3, 0.4) is 0 Å². The Bertz CT molecular complexity index is 759. The van der Waals surface area contributed by atoms with Gasteiger partial charge in [0.25, 0.3) is 0 Å². The second-order valence-electron chi connectivity index (χ2n) is 4.37. The van der Waals surface area contributed by atoms with Crippen molar-refractivity contribution in [3.8, 4) is 0 Å². The van der Waals surface area contributed by atoms with Crippen molar-refractivity contribution in [3.63, 3.8) is 0 Å². The summed E-state index contributed by atoms with van der Waals surface area (Å²) in [4.78, 5) is 22.9. The first-order chi connectivity index (χ1) is 10.5. The molecule has 2 rings (SSSR count). The third-order valence-corrected chi connectivity index (χ3v) is 2.98. The van der Waals surface area contributed by atoms with Gasteiger partial charge in [-0.25, -0.2) is 9.18 Å². The monoisotopic (exact) mass is 319 g/mol. The minimum atomic E-state index is -1.20. The highest BCUT2D eigenvalue weighted by Crippen LogP contribution is 2.20. The van der Waals surface area contributed by atoms with E-state index < -0.39 is 17.7 Å². The first-order valence-electron chi connectivity index (χ1n) is 6.23. The summed E-state index contributed by atoms with van der Waals surface area (Å²) in [6.45, 7) is 0. The third kappa shape index (κ3) is 4.17. The summed E-state index contributed by atoms with van der Waals surface area (Å²) in [5, 5.41) is 11.8. The van der Waals surface area contributed by atoms with Crippen LogP contribution in [0.4, 0.5) is 10.1 Å². The van der Waals surface area contributed by atoms with E-state index in [-0.39, 0.29) is 16.3 Å². The van der Waals surface area contributed by atoms with Crippen molar-refractivity contribution >= 4 is 35.2 Å². The fourth-order valence-electron chi connectivity index (χ4n) is 1.76. The molecule has 0 aliphatic rings. The molecule has 1 amide bonds. The van der Waals surface area contributed by atoms with Gasteiger partial charge < -0.3 is 10.4 Å². The van der Waals surface area contributed by atoms with E-state index in [2.05, 4.69) is 5.32 Å². The average molecular weight is 320 g/mol. The number of benzene rings is 2. The number of amides is 1. The Labute approximate surface area is 130 Å². The molecule has 0 aromatic heterocycles. The summed E-state index contributed by atoms with van der Waals surface area (Å²) in [6, 6.07) is 9.85. The molecule has 0 saturated carbocycles. The number of carbonyl (C=O) groups is 2. The molecule has 2 N–H and O–H groups in total. The lowest BCUT2D eigenvalue weighted by Gasteiger charge is -2.06. The highest BCUT2D eigenvalue weighted by Gasteiger charge is 2.12. The lowest BCUT2D eigenvalue weighted by Crippen LogP contribution is -2.12. The van der Waals surface area contributed by atoms with E-state index in [1.54, 1.807) is 6.07 Å². The van der Waals surface area contributed by atoms with E-state index >= 15 is 0 Å². The molecular formula is C16H11ClFNO3. The highest BCUT2D eigenvalue weighted by atomic mass is 35.5. The molecule has 0 unspecified atom stereocenters. The Morgan fingerprint density at radius 1 is 1.18 bits per heavy atom. The van der Waals surface area contributed by atoms with E-state index in [4.69, 9.17) is 16.7 Å². The van der Waals surface area contributed by atoms with Gasteiger partial charge in [-0.2, -0.15) is 0 Å². The van der Waals surface area contributed by atoms with Crippen LogP contribution in [0.5, 0.6) is 0 Å². The molecule has 0 bridgehead atoms. The zero-order chi connectivity index (χ0) is 16.1. The molecule has 0 atom stereocenters. The molecule has 0 fully saturated rings. The minimum absolute atomic E-state index is 0.111. The third-order valence-electron chi connectivity index (χ3n) is 2.75. The normalized spacial score (nSPS) is 10.6. The Morgan fingerprint density at radius 3 is 2.64 bits per heavy atom. The summed E-state index contributed by atoms with van der Waals surface area (Å²) >= 11 is 5.73. The van der Waals surface area contributed by atoms with Crippen LogP contribution in [-0.4, -0.2) is 17.0 Å². The van der Waals surface area contributed by atoms with Crippen molar-refractivity contribution in [2.75, 3.05) is 5.32 Å². The van der Waals surface area contributed by atoms with Gasteiger partial charge in [-0.15, -0.1) is 0 Å². The summed E-state index contributed by atoms with van der Waals surface area (Å²) in [7, 11) is 0. The number of rotatable bonds is 4. The predicted octanol–water partition coefficient (Wildman–Crippen LogP) is 3.83. The Hall–Kier alpha value is -2.66. The van der Waals surface area contributed by atoms with Gasteiger partial charge in [0.15, 0.2) is 0 Å². The maximum atomic E-state index is 13.0. The molecule has 6 heteroatoms. The van der Waals surface area contributed by atoms with Crippen LogP contribution in [0.1, 0.15) is 15.9 Å². The molecule has 0 heterocycles. The smallest absolute Gasteiger partial charge is 0.337 e. The Kier molecular flexibility index (Phi) is 4.91. The van der Waals surface area contributed by atoms with E-state index in [1.807, 2.05) is 0 Å². The second-order valence-corrected chi connectivity index (χ2v) is 4.81. The first kappa shape index (κ1) is 15.7. The van der Waals surface area contributed by atoms with Crippen molar-refractivity contribution < 1.29 is 19.1 Å². The lowest BCUT2D eigenvalue weighted by atomic mass is 10.1. The van der Waals surface area contributed by atoms with Crippen LogP contribution < -0.4 is 5.32 Å². The van der Waals surface area contributed by atoms with Gasteiger partial charge >= 0.3 is 5.97 Å². The molecule has 2 aromatic carbocycles. The number of hydrogen-bond donors (Lipinski definition) is 2. The Morgan fingerprint density at radius 2 is 1.95 bits per heavy atom. The van der Waals surface area contributed by atoms with Gasteiger partial charge in [0, 0.05) is 11.1 Å². The molecule has 112 valence electrons. The van der Waals surface area contributed by atoms with Gasteiger partial charge in [0.2, 0.25) is 5.91 Å². The number of carboxylic acids is 1. The van der Waals surface area contributed by atoms with Gasteiger partial charge in [-0.3, -0.25) is 4.79 Å². The zero-order valence-corrected chi connectivity index (χ0v) is 12.0. The quantitative estimate of drug-likeness (QED) is 0.842. The number of halogens is 2. The van der Waals surface area contributed by atoms with E-state index in [1.165, 1.54) is 48.6 Å².